The monoisotopic (exact) mass is 408 g/mol. The van der Waals surface area contributed by atoms with E-state index >= 15 is 0 Å². The van der Waals surface area contributed by atoms with E-state index in [1.807, 2.05) is 31.2 Å². The summed E-state index contributed by atoms with van der Waals surface area (Å²) in [6.07, 6.45) is 0. The van der Waals surface area contributed by atoms with Gasteiger partial charge in [-0.25, -0.2) is 4.79 Å². The number of carbonyl (C=O) groups excluding carboxylic acids is 2. The number of halogens is 1. The number of esters is 1. The predicted molar refractivity (Wildman–Crippen MR) is 112 cm³/mol. The van der Waals surface area contributed by atoms with Crippen LogP contribution in [0.1, 0.15) is 36.7 Å². The van der Waals surface area contributed by atoms with Gasteiger partial charge in [0.1, 0.15) is 14.9 Å². The van der Waals surface area contributed by atoms with Gasteiger partial charge >= 0.3 is 5.97 Å². The maximum atomic E-state index is 12.6. The van der Waals surface area contributed by atoms with E-state index in [2.05, 4.69) is 24.5 Å². The molecule has 2 rings (SSSR count). The van der Waals surface area contributed by atoms with Crippen LogP contribution in [-0.4, -0.2) is 31.6 Å². The Labute approximate surface area is 169 Å². The number of aryl methyl sites for hydroxylation is 1. The molecule has 2 N–H and O–H groups in total. The fourth-order valence-corrected chi connectivity index (χ4v) is 3.90. The molecule has 5 nitrogen and oxygen atoms in total. The molecule has 0 bridgehead atoms. The van der Waals surface area contributed by atoms with Crippen molar-refractivity contribution in [2.45, 2.75) is 27.7 Å². The summed E-state index contributed by atoms with van der Waals surface area (Å²) in [4.78, 5) is 24.8. The Balaban J connectivity index is 2.34. The van der Waals surface area contributed by atoms with Crippen molar-refractivity contribution in [1.82, 2.24) is 5.32 Å². The molecule has 0 aliphatic rings. The molecule has 27 heavy (non-hydrogen) atoms. The third-order valence-electron chi connectivity index (χ3n) is 3.78. The van der Waals surface area contributed by atoms with E-state index in [0.717, 1.165) is 17.7 Å². The standard InChI is InChI=1S/C20H25ClN2O3S/c1-5-26-20(25)17-16(14-8-6-13(4)7-9-14)18(21)27-19(17)23-15(24)11-22-10-12(2)3/h6-9,12,22H,5,10-11H2,1-4H3,(H,23,24). The number of hydrogen-bond donors (Lipinski definition) is 2. The van der Waals surface area contributed by atoms with E-state index in [1.165, 1.54) is 11.3 Å². The van der Waals surface area contributed by atoms with Crippen LogP contribution in [0.15, 0.2) is 24.3 Å². The Morgan fingerprint density at radius 1 is 1.22 bits per heavy atom. The number of amides is 1. The van der Waals surface area contributed by atoms with Crippen molar-refractivity contribution in [3.63, 3.8) is 0 Å². The lowest BCUT2D eigenvalue weighted by atomic mass is 10.0. The largest absolute Gasteiger partial charge is 0.462 e. The van der Waals surface area contributed by atoms with Crippen LogP contribution in [0.25, 0.3) is 11.1 Å². The lowest BCUT2D eigenvalue weighted by Gasteiger charge is -2.10. The molecule has 1 amide bonds. The number of rotatable bonds is 8. The number of anilines is 1. The molecule has 0 aliphatic carbocycles. The van der Waals surface area contributed by atoms with Crippen LogP contribution in [0.2, 0.25) is 4.34 Å². The van der Waals surface area contributed by atoms with Crippen molar-refractivity contribution in [3.8, 4) is 11.1 Å². The summed E-state index contributed by atoms with van der Waals surface area (Å²) in [5.41, 5.74) is 2.80. The van der Waals surface area contributed by atoms with E-state index in [0.29, 0.717) is 26.4 Å². The first-order valence-electron chi connectivity index (χ1n) is 8.90. The van der Waals surface area contributed by atoms with Crippen LogP contribution in [0.3, 0.4) is 0 Å². The van der Waals surface area contributed by atoms with Gasteiger partial charge < -0.3 is 15.4 Å². The van der Waals surface area contributed by atoms with Gasteiger partial charge in [0.15, 0.2) is 0 Å². The summed E-state index contributed by atoms with van der Waals surface area (Å²) in [6.45, 7) is 9.00. The first kappa shape index (κ1) is 21.4. The van der Waals surface area contributed by atoms with Gasteiger partial charge in [0, 0.05) is 5.56 Å². The SMILES string of the molecule is CCOC(=O)c1c(NC(=O)CNCC(C)C)sc(Cl)c1-c1ccc(C)cc1. The van der Waals surface area contributed by atoms with E-state index in [1.54, 1.807) is 6.92 Å². The number of thiophene rings is 1. The third kappa shape index (κ3) is 5.79. The number of benzene rings is 1. The molecule has 0 saturated carbocycles. The molecule has 7 heteroatoms. The van der Waals surface area contributed by atoms with E-state index in [-0.39, 0.29) is 19.1 Å². The summed E-state index contributed by atoms with van der Waals surface area (Å²) < 4.78 is 5.64. The molecule has 2 aromatic rings. The van der Waals surface area contributed by atoms with Crippen LogP contribution in [0, 0.1) is 12.8 Å². The van der Waals surface area contributed by atoms with Gasteiger partial charge in [-0.3, -0.25) is 4.79 Å². The van der Waals surface area contributed by atoms with Gasteiger partial charge in [0.25, 0.3) is 0 Å². The Kier molecular flexibility index (Phi) is 7.83. The van der Waals surface area contributed by atoms with E-state index < -0.39 is 5.97 Å². The molecule has 0 aliphatic heterocycles. The highest BCUT2D eigenvalue weighted by Crippen LogP contribution is 2.44. The van der Waals surface area contributed by atoms with Gasteiger partial charge in [0.05, 0.1) is 13.2 Å². The summed E-state index contributed by atoms with van der Waals surface area (Å²) in [5, 5.41) is 6.29. The molecule has 0 unspecified atom stereocenters. The second kappa shape index (κ2) is 9.88. The highest BCUT2D eigenvalue weighted by Gasteiger charge is 2.26. The molecule has 0 fully saturated rings. The zero-order chi connectivity index (χ0) is 20.0. The first-order valence-corrected chi connectivity index (χ1v) is 10.1. The third-order valence-corrected chi connectivity index (χ3v) is 5.09. The highest BCUT2D eigenvalue weighted by molar-refractivity contribution is 7.21. The Morgan fingerprint density at radius 3 is 2.48 bits per heavy atom. The number of carbonyl (C=O) groups is 2. The van der Waals surface area contributed by atoms with Crippen molar-refractivity contribution < 1.29 is 14.3 Å². The van der Waals surface area contributed by atoms with Crippen LogP contribution < -0.4 is 10.6 Å². The Bertz CT molecular complexity index is 800. The quantitative estimate of drug-likeness (QED) is 0.619. The topological polar surface area (TPSA) is 67.4 Å². The van der Waals surface area contributed by atoms with E-state index in [9.17, 15) is 9.59 Å². The number of ether oxygens (including phenoxy) is 1. The second-order valence-electron chi connectivity index (χ2n) is 6.61. The zero-order valence-corrected chi connectivity index (χ0v) is 17.6. The number of nitrogens with one attached hydrogen (secondary N) is 2. The van der Waals surface area contributed by atoms with Crippen molar-refractivity contribution in [1.29, 1.82) is 0 Å². The molecule has 0 atom stereocenters. The molecular weight excluding hydrogens is 384 g/mol. The predicted octanol–water partition coefficient (Wildman–Crippen LogP) is 4.74. The molecule has 146 valence electrons. The summed E-state index contributed by atoms with van der Waals surface area (Å²) in [6, 6.07) is 7.71. The lowest BCUT2D eigenvalue weighted by molar-refractivity contribution is -0.115. The highest BCUT2D eigenvalue weighted by atomic mass is 35.5. The summed E-state index contributed by atoms with van der Waals surface area (Å²) in [5.74, 6) is -0.284. The molecule has 0 saturated heterocycles. The normalized spacial score (nSPS) is 10.9. The molecule has 0 spiro atoms. The van der Waals surface area contributed by atoms with Crippen LogP contribution in [-0.2, 0) is 9.53 Å². The minimum Gasteiger partial charge on any atom is -0.462 e. The van der Waals surface area contributed by atoms with E-state index in [4.69, 9.17) is 16.3 Å². The first-order chi connectivity index (χ1) is 12.8. The zero-order valence-electron chi connectivity index (χ0n) is 16.0. The molecule has 1 heterocycles. The smallest absolute Gasteiger partial charge is 0.341 e. The fourth-order valence-electron chi connectivity index (χ4n) is 2.51. The maximum Gasteiger partial charge on any atom is 0.341 e. The average Bonchev–Trinajstić information content (AvgIpc) is 2.91. The van der Waals surface area contributed by atoms with Crippen LogP contribution in [0.4, 0.5) is 5.00 Å². The molecular formula is C20H25ClN2O3S. The maximum absolute atomic E-state index is 12.6. The average molecular weight is 409 g/mol. The van der Waals surface area contributed by atoms with Gasteiger partial charge in [-0.05, 0) is 31.9 Å². The molecule has 1 aromatic heterocycles. The summed E-state index contributed by atoms with van der Waals surface area (Å²) in [7, 11) is 0. The number of hydrogen-bond acceptors (Lipinski definition) is 5. The van der Waals surface area contributed by atoms with Crippen LogP contribution >= 0.6 is 22.9 Å². The van der Waals surface area contributed by atoms with Gasteiger partial charge in [-0.2, -0.15) is 0 Å². The van der Waals surface area contributed by atoms with Gasteiger partial charge in [0.2, 0.25) is 5.91 Å². The van der Waals surface area contributed by atoms with Crippen molar-refractivity contribution in [3.05, 3.63) is 39.7 Å². The summed E-state index contributed by atoms with van der Waals surface area (Å²) >= 11 is 7.61. The van der Waals surface area contributed by atoms with Crippen LogP contribution in [0.5, 0.6) is 0 Å². The van der Waals surface area contributed by atoms with Gasteiger partial charge in [-0.1, -0.05) is 55.3 Å². The molecule has 0 radical (unpaired) electrons. The minimum absolute atomic E-state index is 0.163. The Hall–Kier alpha value is -1.89. The van der Waals surface area contributed by atoms with Crippen molar-refractivity contribution >= 4 is 39.8 Å². The van der Waals surface area contributed by atoms with Gasteiger partial charge in [-0.15, -0.1) is 11.3 Å². The fraction of sp³-hybridized carbons (Fsp3) is 0.400. The lowest BCUT2D eigenvalue weighted by Crippen LogP contribution is -2.30. The van der Waals surface area contributed by atoms with Crippen molar-refractivity contribution in [2.24, 2.45) is 5.92 Å². The van der Waals surface area contributed by atoms with Crippen molar-refractivity contribution in [2.75, 3.05) is 25.0 Å². The molecule has 1 aromatic carbocycles. The Morgan fingerprint density at radius 2 is 1.89 bits per heavy atom. The second-order valence-corrected chi connectivity index (χ2v) is 8.24. The minimum atomic E-state index is -0.498.